The molecule has 0 radical (unpaired) electrons. The van der Waals surface area contributed by atoms with Crippen molar-refractivity contribution >= 4 is 23.0 Å². The molecule has 5 rings (SSSR count). The van der Waals surface area contributed by atoms with Crippen LogP contribution in [0.25, 0.3) is 11.2 Å². The fraction of sp³-hybridized carbons (Fsp3) is 0.167. The van der Waals surface area contributed by atoms with Crippen molar-refractivity contribution in [3.8, 4) is 23.4 Å². The van der Waals surface area contributed by atoms with E-state index in [2.05, 4.69) is 9.97 Å². The number of nitrogen functional groups attached to an aromatic ring is 1. The van der Waals surface area contributed by atoms with E-state index in [9.17, 15) is 4.79 Å². The van der Waals surface area contributed by atoms with Crippen LogP contribution in [0.5, 0.6) is 23.4 Å². The van der Waals surface area contributed by atoms with E-state index in [0.29, 0.717) is 46.9 Å². The van der Waals surface area contributed by atoms with Crippen molar-refractivity contribution in [3.05, 3.63) is 101 Å². The van der Waals surface area contributed by atoms with Crippen molar-refractivity contribution in [2.24, 2.45) is 5.73 Å². The molecule has 0 atom stereocenters. The number of nitrogens with one attached hydrogen (secondary N) is 1. The zero-order valence-electron chi connectivity index (χ0n) is 22.3. The molecule has 10 nitrogen and oxygen atoms in total. The summed E-state index contributed by atoms with van der Waals surface area (Å²) in [5, 5.41) is 7.81. The summed E-state index contributed by atoms with van der Waals surface area (Å²) in [6, 6.07) is 21.8. The van der Waals surface area contributed by atoms with Crippen LogP contribution in [0.4, 0.5) is 0 Å². The number of carbonyl (C=O) groups excluding carboxylic acids is 1. The second kappa shape index (κ2) is 11.2. The van der Waals surface area contributed by atoms with Crippen molar-refractivity contribution in [3.63, 3.8) is 0 Å². The molecular formula is C30H28N6O4. The van der Waals surface area contributed by atoms with Crippen LogP contribution in [-0.4, -0.2) is 37.9 Å². The number of rotatable bonds is 9. The van der Waals surface area contributed by atoms with Gasteiger partial charge in [0, 0.05) is 5.56 Å². The third-order valence-electron chi connectivity index (χ3n) is 6.20. The second-order valence-electron chi connectivity index (χ2n) is 9.06. The lowest BCUT2D eigenvalue weighted by molar-refractivity contribution is 0.0526. The van der Waals surface area contributed by atoms with Crippen LogP contribution in [0, 0.1) is 19.3 Å². The van der Waals surface area contributed by atoms with E-state index in [-0.39, 0.29) is 17.7 Å². The first-order valence-corrected chi connectivity index (χ1v) is 12.7. The van der Waals surface area contributed by atoms with Gasteiger partial charge in [-0.1, -0.05) is 42.5 Å². The maximum absolute atomic E-state index is 12.0. The fourth-order valence-electron chi connectivity index (χ4n) is 4.10. The lowest BCUT2D eigenvalue weighted by Gasteiger charge is -2.12. The third-order valence-corrected chi connectivity index (χ3v) is 6.20. The van der Waals surface area contributed by atoms with Crippen LogP contribution in [-0.2, 0) is 11.3 Å². The number of nitrogens with zero attached hydrogens (tertiary/aromatic N) is 4. The Morgan fingerprint density at radius 2 is 1.65 bits per heavy atom. The molecule has 3 aromatic carbocycles. The van der Waals surface area contributed by atoms with Gasteiger partial charge in [0.15, 0.2) is 11.2 Å². The number of hydrogen-bond donors (Lipinski definition) is 2. The number of aryl methyl sites for hydroxylation is 2. The van der Waals surface area contributed by atoms with Crippen molar-refractivity contribution in [2.75, 3.05) is 6.61 Å². The third kappa shape index (κ3) is 5.60. The standard InChI is InChI=1S/C30H28N6O4/c1-4-38-29(37)21-12-14-23(15-13-21)39-30-34-27-25(33-19(3)36(27)17-20-8-6-5-7-9-20)28(35-30)40-24-16-22(26(31)32)11-10-18(24)2/h5-16H,4,17H2,1-3H3,(H3,31,32). The summed E-state index contributed by atoms with van der Waals surface area (Å²) in [6.07, 6.45) is 0. The number of esters is 1. The highest BCUT2D eigenvalue weighted by molar-refractivity contribution is 5.95. The molecule has 2 aromatic heterocycles. The van der Waals surface area contributed by atoms with Crippen molar-refractivity contribution in [1.29, 1.82) is 5.41 Å². The quantitative estimate of drug-likeness (QED) is 0.142. The summed E-state index contributed by atoms with van der Waals surface area (Å²) in [5.74, 6) is 1.35. The van der Waals surface area contributed by atoms with E-state index in [4.69, 9.17) is 30.3 Å². The van der Waals surface area contributed by atoms with Gasteiger partial charge >= 0.3 is 12.0 Å². The Hall–Kier alpha value is -5.25. The number of ether oxygens (including phenoxy) is 3. The molecule has 5 aromatic rings. The Morgan fingerprint density at radius 1 is 0.925 bits per heavy atom. The van der Waals surface area contributed by atoms with E-state index in [1.165, 1.54) is 0 Å². The minimum atomic E-state index is -0.411. The predicted octanol–water partition coefficient (Wildman–Crippen LogP) is 5.54. The summed E-state index contributed by atoms with van der Waals surface area (Å²) in [7, 11) is 0. The lowest BCUT2D eigenvalue weighted by atomic mass is 10.1. The summed E-state index contributed by atoms with van der Waals surface area (Å²) in [6.45, 7) is 6.36. The molecule has 0 bridgehead atoms. The van der Waals surface area contributed by atoms with Crippen molar-refractivity contribution in [1.82, 2.24) is 19.5 Å². The Bertz CT molecular complexity index is 1700. The molecule has 0 saturated heterocycles. The fourth-order valence-corrected chi connectivity index (χ4v) is 4.10. The lowest BCUT2D eigenvalue weighted by Crippen LogP contribution is -2.11. The summed E-state index contributed by atoms with van der Waals surface area (Å²) in [4.78, 5) is 26.0. The van der Waals surface area contributed by atoms with Crippen molar-refractivity contribution in [2.45, 2.75) is 27.3 Å². The van der Waals surface area contributed by atoms with Crippen LogP contribution in [0.15, 0.2) is 72.8 Å². The molecule has 10 heteroatoms. The number of benzene rings is 3. The molecule has 0 saturated carbocycles. The largest absolute Gasteiger partial charge is 0.462 e. The van der Waals surface area contributed by atoms with Gasteiger partial charge in [-0.15, -0.1) is 0 Å². The summed E-state index contributed by atoms with van der Waals surface area (Å²) >= 11 is 0. The van der Waals surface area contributed by atoms with E-state index in [1.54, 1.807) is 43.3 Å². The Balaban J connectivity index is 1.57. The maximum Gasteiger partial charge on any atom is 0.338 e. The van der Waals surface area contributed by atoms with Gasteiger partial charge < -0.3 is 24.5 Å². The highest BCUT2D eigenvalue weighted by Gasteiger charge is 2.20. The molecule has 0 amide bonds. The predicted molar refractivity (Wildman–Crippen MR) is 150 cm³/mol. The van der Waals surface area contributed by atoms with E-state index in [1.807, 2.05) is 54.8 Å². The van der Waals surface area contributed by atoms with Gasteiger partial charge in [0.1, 0.15) is 23.2 Å². The summed E-state index contributed by atoms with van der Waals surface area (Å²) in [5.41, 5.74) is 9.54. The van der Waals surface area contributed by atoms with Gasteiger partial charge in [-0.3, -0.25) is 5.41 Å². The molecule has 2 heterocycles. The Morgan fingerprint density at radius 3 is 2.35 bits per heavy atom. The number of nitrogens with two attached hydrogens (primary N) is 1. The number of fused-ring (bicyclic) bond motifs is 1. The minimum absolute atomic E-state index is 0.0426. The van der Waals surface area contributed by atoms with Crippen LogP contribution in [0.2, 0.25) is 0 Å². The SMILES string of the molecule is CCOC(=O)c1ccc(Oc2nc(Oc3cc(C(=N)N)ccc3C)c3nc(C)n(Cc4ccccc4)c3n2)cc1. The van der Waals surface area contributed by atoms with Gasteiger partial charge in [0.05, 0.1) is 18.7 Å². The van der Waals surface area contributed by atoms with E-state index < -0.39 is 5.97 Å². The normalized spacial score (nSPS) is 10.9. The molecule has 0 aliphatic rings. The first-order chi connectivity index (χ1) is 19.3. The first kappa shape index (κ1) is 26.4. The highest BCUT2D eigenvalue weighted by atomic mass is 16.5. The molecule has 0 aliphatic heterocycles. The van der Waals surface area contributed by atoms with E-state index in [0.717, 1.165) is 17.0 Å². The van der Waals surface area contributed by atoms with Gasteiger partial charge in [0.2, 0.25) is 0 Å². The number of aromatic nitrogens is 4. The second-order valence-corrected chi connectivity index (χ2v) is 9.06. The number of imidazole rings is 1. The average Bonchev–Trinajstić information content (AvgIpc) is 3.25. The number of hydrogen-bond acceptors (Lipinski definition) is 8. The highest BCUT2D eigenvalue weighted by Crippen LogP contribution is 2.33. The minimum Gasteiger partial charge on any atom is -0.462 e. The number of amidine groups is 1. The van der Waals surface area contributed by atoms with Gasteiger partial charge in [-0.05, 0) is 62.2 Å². The van der Waals surface area contributed by atoms with Crippen molar-refractivity contribution < 1.29 is 19.0 Å². The molecule has 0 spiro atoms. The van der Waals surface area contributed by atoms with Gasteiger partial charge in [0.25, 0.3) is 5.88 Å². The molecular weight excluding hydrogens is 508 g/mol. The maximum atomic E-state index is 12.0. The molecule has 3 N–H and O–H groups in total. The first-order valence-electron chi connectivity index (χ1n) is 12.7. The van der Waals surface area contributed by atoms with Crippen LogP contribution in [0.3, 0.4) is 0 Å². The average molecular weight is 537 g/mol. The van der Waals surface area contributed by atoms with Crippen LogP contribution >= 0.6 is 0 Å². The van der Waals surface area contributed by atoms with Crippen LogP contribution in [0.1, 0.15) is 39.8 Å². The molecule has 0 fully saturated rings. The van der Waals surface area contributed by atoms with Gasteiger partial charge in [-0.2, -0.15) is 9.97 Å². The molecule has 0 aliphatic carbocycles. The van der Waals surface area contributed by atoms with Gasteiger partial charge in [-0.25, -0.2) is 9.78 Å². The molecule has 202 valence electrons. The molecule has 40 heavy (non-hydrogen) atoms. The van der Waals surface area contributed by atoms with E-state index >= 15 is 0 Å². The van der Waals surface area contributed by atoms with Crippen LogP contribution < -0.4 is 15.2 Å². The molecule has 0 unspecified atom stereocenters. The monoisotopic (exact) mass is 536 g/mol. The zero-order valence-corrected chi connectivity index (χ0v) is 22.3. The topological polar surface area (TPSA) is 138 Å². The smallest absolute Gasteiger partial charge is 0.338 e. The number of carbonyl (C=O) groups is 1. The Kier molecular flexibility index (Phi) is 7.41. The zero-order chi connectivity index (χ0) is 28.2. The summed E-state index contributed by atoms with van der Waals surface area (Å²) < 4.78 is 19.3. The Labute approximate surface area is 230 Å².